The molecule has 0 aliphatic carbocycles. The maximum atomic E-state index is 13.5. The molecule has 2 amide bonds. The van der Waals surface area contributed by atoms with Gasteiger partial charge < -0.3 is 24.8 Å². The monoisotopic (exact) mass is 376 g/mol. The van der Waals surface area contributed by atoms with Gasteiger partial charge in [-0.3, -0.25) is 9.59 Å². The summed E-state index contributed by atoms with van der Waals surface area (Å²) in [7, 11) is 4.38. The topological polar surface area (TPSA) is 85.9 Å². The van der Waals surface area contributed by atoms with Crippen molar-refractivity contribution in [2.75, 3.05) is 34.4 Å². The molecule has 2 N–H and O–H groups in total. The second kappa shape index (κ2) is 9.42. The Morgan fingerprint density at radius 1 is 0.889 bits per heavy atom. The second-order valence-electron chi connectivity index (χ2n) is 5.41. The van der Waals surface area contributed by atoms with Crippen molar-refractivity contribution in [2.24, 2.45) is 0 Å². The lowest BCUT2D eigenvalue weighted by Gasteiger charge is -2.14. The highest BCUT2D eigenvalue weighted by atomic mass is 19.1. The number of rotatable bonds is 8. The molecule has 0 aromatic heterocycles. The smallest absolute Gasteiger partial charge is 0.254 e. The fraction of sp³-hybridized carbons (Fsp3) is 0.263. The van der Waals surface area contributed by atoms with Gasteiger partial charge in [-0.05, 0) is 24.3 Å². The minimum Gasteiger partial charge on any atom is -0.493 e. The van der Waals surface area contributed by atoms with E-state index in [9.17, 15) is 14.0 Å². The average Bonchev–Trinajstić information content (AvgIpc) is 2.69. The highest BCUT2D eigenvalue weighted by Gasteiger charge is 2.17. The maximum absolute atomic E-state index is 13.5. The van der Waals surface area contributed by atoms with Crippen LogP contribution in [0.5, 0.6) is 17.2 Å². The Labute approximate surface area is 156 Å². The van der Waals surface area contributed by atoms with Crippen LogP contribution in [0.2, 0.25) is 0 Å². The van der Waals surface area contributed by atoms with Gasteiger partial charge in [0.1, 0.15) is 5.82 Å². The van der Waals surface area contributed by atoms with Gasteiger partial charge >= 0.3 is 0 Å². The summed E-state index contributed by atoms with van der Waals surface area (Å²) in [4.78, 5) is 24.2. The van der Waals surface area contributed by atoms with Crippen LogP contribution in [0.4, 0.5) is 4.39 Å². The molecule has 8 heteroatoms. The Morgan fingerprint density at radius 2 is 1.44 bits per heavy atom. The molecule has 0 atom stereocenters. The Bertz CT molecular complexity index is 800. The molecule has 0 unspecified atom stereocenters. The lowest BCUT2D eigenvalue weighted by Crippen LogP contribution is -2.35. The third kappa shape index (κ3) is 4.87. The van der Waals surface area contributed by atoms with E-state index in [4.69, 9.17) is 14.2 Å². The first-order chi connectivity index (χ1) is 13.0. The number of carbonyl (C=O) groups is 2. The Kier molecular flexibility index (Phi) is 6.99. The van der Waals surface area contributed by atoms with Gasteiger partial charge in [0.2, 0.25) is 5.75 Å². The molecule has 144 valence electrons. The van der Waals surface area contributed by atoms with Crippen LogP contribution in [0.1, 0.15) is 20.7 Å². The summed E-state index contributed by atoms with van der Waals surface area (Å²) < 4.78 is 29.2. The minimum absolute atomic E-state index is 0.0477. The predicted molar refractivity (Wildman–Crippen MR) is 97.2 cm³/mol. The van der Waals surface area contributed by atoms with Gasteiger partial charge in [0.25, 0.3) is 11.8 Å². The summed E-state index contributed by atoms with van der Waals surface area (Å²) in [5, 5.41) is 5.21. The van der Waals surface area contributed by atoms with E-state index < -0.39 is 11.7 Å². The highest BCUT2D eigenvalue weighted by molar-refractivity contribution is 5.96. The first-order valence-electron chi connectivity index (χ1n) is 8.12. The normalized spacial score (nSPS) is 10.1. The summed E-state index contributed by atoms with van der Waals surface area (Å²) in [6.45, 7) is 0.305. The fourth-order valence-electron chi connectivity index (χ4n) is 2.41. The Morgan fingerprint density at radius 3 is 1.96 bits per heavy atom. The van der Waals surface area contributed by atoms with Crippen molar-refractivity contribution in [3.8, 4) is 17.2 Å². The maximum Gasteiger partial charge on any atom is 0.254 e. The van der Waals surface area contributed by atoms with Crippen LogP contribution in [-0.4, -0.2) is 46.2 Å². The van der Waals surface area contributed by atoms with Crippen molar-refractivity contribution >= 4 is 11.8 Å². The van der Waals surface area contributed by atoms with Crippen molar-refractivity contribution in [3.05, 3.63) is 53.3 Å². The van der Waals surface area contributed by atoms with Gasteiger partial charge in [-0.15, -0.1) is 0 Å². The number of hydrogen-bond acceptors (Lipinski definition) is 5. The van der Waals surface area contributed by atoms with E-state index in [1.807, 2.05) is 0 Å². The summed E-state index contributed by atoms with van der Waals surface area (Å²) in [6, 6.07) is 8.72. The molecule has 2 rings (SSSR count). The van der Waals surface area contributed by atoms with E-state index in [2.05, 4.69) is 10.6 Å². The second-order valence-corrected chi connectivity index (χ2v) is 5.41. The van der Waals surface area contributed by atoms with E-state index in [1.165, 1.54) is 51.7 Å². The van der Waals surface area contributed by atoms with Gasteiger partial charge in [-0.1, -0.05) is 12.1 Å². The largest absolute Gasteiger partial charge is 0.493 e. The van der Waals surface area contributed by atoms with Crippen molar-refractivity contribution < 1.29 is 28.2 Å². The number of hydrogen-bond donors (Lipinski definition) is 2. The number of nitrogens with one attached hydrogen (secondary N) is 2. The van der Waals surface area contributed by atoms with Crippen molar-refractivity contribution in [1.82, 2.24) is 10.6 Å². The zero-order valence-corrected chi connectivity index (χ0v) is 15.3. The van der Waals surface area contributed by atoms with E-state index >= 15 is 0 Å². The zero-order valence-electron chi connectivity index (χ0n) is 15.3. The van der Waals surface area contributed by atoms with E-state index in [0.29, 0.717) is 22.8 Å². The van der Waals surface area contributed by atoms with Gasteiger partial charge in [-0.25, -0.2) is 4.39 Å². The van der Waals surface area contributed by atoms with Crippen LogP contribution in [0, 0.1) is 5.82 Å². The molecule has 0 radical (unpaired) electrons. The van der Waals surface area contributed by atoms with Gasteiger partial charge in [-0.2, -0.15) is 0 Å². The van der Waals surface area contributed by atoms with Crippen LogP contribution in [0.25, 0.3) is 0 Å². The molecule has 0 aliphatic heterocycles. The van der Waals surface area contributed by atoms with Gasteiger partial charge in [0.15, 0.2) is 11.5 Å². The highest BCUT2D eigenvalue weighted by Crippen LogP contribution is 2.38. The molecule has 0 saturated carbocycles. The molecule has 0 aliphatic rings. The van der Waals surface area contributed by atoms with Gasteiger partial charge in [0.05, 0.1) is 26.9 Å². The first kappa shape index (κ1) is 20.0. The molecule has 2 aromatic rings. The molecule has 0 heterocycles. The van der Waals surface area contributed by atoms with Crippen LogP contribution in [0.3, 0.4) is 0 Å². The molecule has 7 nitrogen and oxygen atoms in total. The standard InChI is InChI=1S/C19H21FN2O5/c1-25-15-10-12(11-16(26-2)17(15)27-3)18(23)21-8-9-22-19(24)13-6-4-5-7-14(13)20/h4-7,10-11H,8-9H2,1-3H3,(H,21,23)(H,22,24). The van der Waals surface area contributed by atoms with Crippen molar-refractivity contribution in [1.29, 1.82) is 0 Å². The Balaban J connectivity index is 1.94. The predicted octanol–water partition coefficient (Wildman–Crippen LogP) is 2.01. The number of benzene rings is 2. The summed E-state index contributed by atoms with van der Waals surface area (Å²) in [6.07, 6.45) is 0. The molecular formula is C19H21FN2O5. The Hall–Kier alpha value is -3.29. The lowest BCUT2D eigenvalue weighted by molar-refractivity contribution is 0.0925. The van der Waals surface area contributed by atoms with Crippen LogP contribution in [0.15, 0.2) is 36.4 Å². The summed E-state index contributed by atoms with van der Waals surface area (Å²) >= 11 is 0. The molecule has 0 bridgehead atoms. The third-order valence-corrected chi connectivity index (χ3v) is 3.74. The number of halogens is 1. The number of ether oxygens (including phenoxy) is 3. The van der Waals surface area contributed by atoms with Crippen LogP contribution in [-0.2, 0) is 0 Å². The van der Waals surface area contributed by atoms with E-state index in [0.717, 1.165) is 0 Å². The molecule has 0 saturated heterocycles. The fourth-order valence-corrected chi connectivity index (χ4v) is 2.41. The molecule has 27 heavy (non-hydrogen) atoms. The van der Waals surface area contributed by atoms with Crippen molar-refractivity contribution in [3.63, 3.8) is 0 Å². The quantitative estimate of drug-likeness (QED) is 0.689. The minimum atomic E-state index is -0.601. The number of methoxy groups -OCH3 is 3. The third-order valence-electron chi connectivity index (χ3n) is 3.74. The zero-order chi connectivity index (χ0) is 19.8. The molecular weight excluding hydrogens is 355 g/mol. The van der Waals surface area contributed by atoms with Crippen LogP contribution >= 0.6 is 0 Å². The van der Waals surface area contributed by atoms with E-state index in [-0.39, 0.29) is 24.6 Å². The molecule has 2 aromatic carbocycles. The van der Waals surface area contributed by atoms with E-state index in [1.54, 1.807) is 6.07 Å². The van der Waals surface area contributed by atoms with Crippen molar-refractivity contribution in [2.45, 2.75) is 0 Å². The summed E-state index contributed by atoms with van der Waals surface area (Å²) in [5.41, 5.74) is 0.262. The van der Waals surface area contributed by atoms with Crippen LogP contribution < -0.4 is 24.8 Å². The first-order valence-corrected chi connectivity index (χ1v) is 8.12. The van der Waals surface area contributed by atoms with Gasteiger partial charge in [0, 0.05) is 18.7 Å². The number of carbonyl (C=O) groups excluding carboxylic acids is 2. The molecule has 0 spiro atoms. The molecule has 0 fully saturated rings. The SMILES string of the molecule is COc1cc(C(=O)NCCNC(=O)c2ccccc2F)cc(OC)c1OC. The number of amides is 2. The lowest BCUT2D eigenvalue weighted by atomic mass is 10.1. The summed E-state index contributed by atoms with van der Waals surface area (Å²) in [5.74, 6) is -0.431. The average molecular weight is 376 g/mol.